The lowest BCUT2D eigenvalue weighted by Gasteiger charge is -2.25. The molecule has 3 heteroatoms. The topological polar surface area (TPSA) is 38.3 Å². The Morgan fingerprint density at radius 1 is 1.47 bits per heavy atom. The van der Waals surface area contributed by atoms with Gasteiger partial charge in [0.05, 0.1) is 12.5 Å². The Kier molecular flexibility index (Phi) is 4.83. The van der Waals surface area contributed by atoms with Gasteiger partial charge in [-0.05, 0) is 30.4 Å². The van der Waals surface area contributed by atoms with E-state index >= 15 is 0 Å². The highest BCUT2D eigenvalue weighted by Gasteiger charge is 2.25. The molecule has 2 atom stereocenters. The first-order chi connectivity index (χ1) is 9.20. The van der Waals surface area contributed by atoms with Crippen LogP contribution in [-0.2, 0) is 16.0 Å². The van der Waals surface area contributed by atoms with E-state index in [0.29, 0.717) is 19.1 Å². The van der Waals surface area contributed by atoms with E-state index < -0.39 is 0 Å². The molecule has 0 aromatic heterocycles. The Balaban J connectivity index is 1.85. The highest BCUT2D eigenvalue weighted by molar-refractivity contribution is 5.75. The highest BCUT2D eigenvalue weighted by Crippen LogP contribution is 2.25. The van der Waals surface area contributed by atoms with Crippen molar-refractivity contribution in [2.75, 3.05) is 18.5 Å². The average molecular weight is 261 g/mol. The Morgan fingerprint density at radius 3 is 3.05 bits per heavy atom. The van der Waals surface area contributed by atoms with Crippen molar-refractivity contribution in [2.45, 2.75) is 33.1 Å². The molecule has 1 aliphatic rings. The molecule has 0 saturated heterocycles. The third kappa shape index (κ3) is 3.72. The van der Waals surface area contributed by atoms with Gasteiger partial charge in [0.15, 0.2) is 0 Å². The summed E-state index contributed by atoms with van der Waals surface area (Å²) in [5.41, 5.74) is 2.35. The summed E-state index contributed by atoms with van der Waals surface area (Å²) >= 11 is 0. The van der Waals surface area contributed by atoms with Crippen molar-refractivity contribution in [3.8, 4) is 0 Å². The number of carbonyl (C=O) groups is 1. The van der Waals surface area contributed by atoms with Crippen LogP contribution in [0.3, 0.4) is 0 Å². The monoisotopic (exact) mass is 261 g/mol. The summed E-state index contributed by atoms with van der Waals surface area (Å²) in [6.07, 6.45) is 3.03. The number of benzene rings is 1. The number of carbonyl (C=O) groups excluding carboxylic acids is 1. The standard InChI is InChI=1S/C16H23NO2/c1-3-6-12(2)11-19-16(18)14-9-13-7-4-5-8-15(13)17-10-14/h4-5,7-8,12,14,17H,3,6,9-11H2,1-2H3. The zero-order valence-corrected chi connectivity index (χ0v) is 11.8. The summed E-state index contributed by atoms with van der Waals surface area (Å²) in [5, 5.41) is 3.31. The van der Waals surface area contributed by atoms with Crippen molar-refractivity contribution in [2.24, 2.45) is 11.8 Å². The predicted octanol–water partition coefficient (Wildman–Crippen LogP) is 3.25. The van der Waals surface area contributed by atoms with E-state index in [0.717, 1.165) is 24.9 Å². The summed E-state index contributed by atoms with van der Waals surface area (Å²) in [6, 6.07) is 8.15. The van der Waals surface area contributed by atoms with Gasteiger partial charge < -0.3 is 10.1 Å². The van der Waals surface area contributed by atoms with Crippen LogP contribution in [0.2, 0.25) is 0 Å². The van der Waals surface area contributed by atoms with Gasteiger partial charge in [0, 0.05) is 12.2 Å². The van der Waals surface area contributed by atoms with Gasteiger partial charge in [-0.25, -0.2) is 0 Å². The average Bonchev–Trinajstić information content (AvgIpc) is 2.44. The van der Waals surface area contributed by atoms with Crippen LogP contribution in [0.1, 0.15) is 32.3 Å². The molecule has 1 aromatic rings. The molecule has 1 aliphatic heterocycles. The van der Waals surface area contributed by atoms with Gasteiger partial charge in [0.25, 0.3) is 0 Å². The molecule has 0 fully saturated rings. The largest absolute Gasteiger partial charge is 0.465 e. The molecular formula is C16H23NO2. The second-order valence-corrected chi connectivity index (χ2v) is 5.46. The van der Waals surface area contributed by atoms with E-state index in [-0.39, 0.29) is 11.9 Å². The molecule has 19 heavy (non-hydrogen) atoms. The van der Waals surface area contributed by atoms with Crippen molar-refractivity contribution in [3.05, 3.63) is 29.8 Å². The number of nitrogens with one attached hydrogen (secondary N) is 1. The number of hydrogen-bond donors (Lipinski definition) is 1. The SMILES string of the molecule is CCCC(C)COC(=O)C1CNc2ccccc2C1. The van der Waals surface area contributed by atoms with Crippen LogP contribution in [0, 0.1) is 11.8 Å². The molecule has 1 N–H and O–H groups in total. The van der Waals surface area contributed by atoms with E-state index in [1.807, 2.05) is 12.1 Å². The summed E-state index contributed by atoms with van der Waals surface area (Å²) in [4.78, 5) is 12.1. The van der Waals surface area contributed by atoms with Gasteiger partial charge >= 0.3 is 5.97 Å². The fourth-order valence-corrected chi connectivity index (χ4v) is 2.53. The maximum atomic E-state index is 12.1. The third-order valence-electron chi connectivity index (χ3n) is 3.65. The van der Waals surface area contributed by atoms with Crippen LogP contribution in [0.5, 0.6) is 0 Å². The molecule has 1 aromatic carbocycles. The molecule has 0 radical (unpaired) electrons. The molecule has 0 saturated carbocycles. The fourth-order valence-electron chi connectivity index (χ4n) is 2.53. The molecule has 1 heterocycles. The predicted molar refractivity (Wildman–Crippen MR) is 77.2 cm³/mol. The maximum absolute atomic E-state index is 12.1. The van der Waals surface area contributed by atoms with Crippen LogP contribution in [0.4, 0.5) is 5.69 Å². The quantitative estimate of drug-likeness (QED) is 0.827. The molecular weight excluding hydrogens is 238 g/mol. The molecule has 0 bridgehead atoms. The molecule has 3 nitrogen and oxygen atoms in total. The molecule has 2 unspecified atom stereocenters. The minimum atomic E-state index is -0.0649. The Morgan fingerprint density at radius 2 is 2.26 bits per heavy atom. The van der Waals surface area contributed by atoms with Gasteiger partial charge in [0.2, 0.25) is 0 Å². The van der Waals surface area contributed by atoms with E-state index in [2.05, 4.69) is 31.3 Å². The number of anilines is 1. The molecule has 0 spiro atoms. The van der Waals surface area contributed by atoms with Gasteiger partial charge in [0.1, 0.15) is 0 Å². The van der Waals surface area contributed by atoms with Crippen LogP contribution < -0.4 is 5.32 Å². The van der Waals surface area contributed by atoms with Gasteiger partial charge in [-0.2, -0.15) is 0 Å². The van der Waals surface area contributed by atoms with Crippen molar-refractivity contribution in [1.82, 2.24) is 0 Å². The Bertz CT molecular complexity index is 431. The van der Waals surface area contributed by atoms with E-state index in [1.54, 1.807) is 0 Å². The minimum Gasteiger partial charge on any atom is -0.465 e. The first-order valence-corrected chi connectivity index (χ1v) is 7.19. The first kappa shape index (κ1) is 13.9. The van der Waals surface area contributed by atoms with Crippen LogP contribution in [-0.4, -0.2) is 19.1 Å². The second-order valence-electron chi connectivity index (χ2n) is 5.46. The normalized spacial score (nSPS) is 19.2. The Labute approximate surface area is 115 Å². The number of esters is 1. The van der Waals surface area contributed by atoms with Crippen LogP contribution in [0.25, 0.3) is 0 Å². The third-order valence-corrected chi connectivity index (χ3v) is 3.65. The summed E-state index contributed by atoms with van der Waals surface area (Å²) < 4.78 is 5.43. The highest BCUT2D eigenvalue weighted by atomic mass is 16.5. The minimum absolute atomic E-state index is 0.0521. The van der Waals surface area contributed by atoms with E-state index in [1.165, 1.54) is 5.56 Å². The van der Waals surface area contributed by atoms with Crippen molar-refractivity contribution >= 4 is 11.7 Å². The first-order valence-electron chi connectivity index (χ1n) is 7.19. The zero-order valence-electron chi connectivity index (χ0n) is 11.8. The molecule has 0 amide bonds. The lowest BCUT2D eigenvalue weighted by atomic mass is 9.94. The van der Waals surface area contributed by atoms with Crippen molar-refractivity contribution in [1.29, 1.82) is 0 Å². The van der Waals surface area contributed by atoms with Crippen LogP contribution >= 0.6 is 0 Å². The molecule has 104 valence electrons. The smallest absolute Gasteiger partial charge is 0.311 e. The molecule has 2 rings (SSSR count). The molecule has 0 aliphatic carbocycles. The number of rotatable bonds is 5. The van der Waals surface area contributed by atoms with Gasteiger partial charge in [-0.15, -0.1) is 0 Å². The fraction of sp³-hybridized carbons (Fsp3) is 0.562. The number of hydrogen-bond acceptors (Lipinski definition) is 3. The van der Waals surface area contributed by atoms with Crippen molar-refractivity contribution in [3.63, 3.8) is 0 Å². The number of ether oxygens (including phenoxy) is 1. The number of fused-ring (bicyclic) bond motifs is 1. The van der Waals surface area contributed by atoms with E-state index in [9.17, 15) is 4.79 Å². The van der Waals surface area contributed by atoms with Gasteiger partial charge in [-0.3, -0.25) is 4.79 Å². The lowest BCUT2D eigenvalue weighted by molar-refractivity contribution is -0.149. The maximum Gasteiger partial charge on any atom is 0.311 e. The summed E-state index contributed by atoms with van der Waals surface area (Å²) in [6.45, 7) is 5.51. The second kappa shape index (κ2) is 6.60. The lowest BCUT2D eigenvalue weighted by Crippen LogP contribution is -2.31. The summed E-state index contributed by atoms with van der Waals surface area (Å²) in [7, 11) is 0. The van der Waals surface area contributed by atoms with E-state index in [4.69, 9.17) is 4.74 Å². The van der Waals surface area contributed by atoms with Crippen LogP contribution in [0.15, 0.2) is 24.3 Å². The number of para-hydroxylation sites is 1. The Hall–Kier alpha value is -1.51. The van der Waals surface area contributed by atoms with Gasteiger partial charge in [-0.1, -0.05) is 38.5 Å². The summed E-state index contributed by atoms with van der Waals surface area (Å²) in [5.74, 6) is 0.339. The van der Waals surface area contributed by atoms with Crippen molar-refractivity contribution < 1.29 is 9.53 Å². The zero-order chi connectivity index (χ0) is 13.7.